The van der Waals surface area contributed by atoms with Crippen molar-refractivity contribution < 1.29 is 0 Å². The summed E-state index contributed by atoms with van der Waals surface area (Å²) in [6, 6.07) is 8.15. The molecule has 0 amide bonds. The summed E-state index contributed by atoms with van der Waals surface area (Å²) in [7, 11) is 0. The molecule has 1 aromatic heterocycles. The molecule has 0 saturated carbocycles. The third kappa shape index (κ3) is 3.20. The van der Waals surface area contributed by atoms with Crippen LogP contribution in [0.25, 0.3) is 0 Å². The van der Waals surface area contributed by atoms with E-state index >= 15 is 0 Å². The summed E-state index contributed by atoms with van der Waals surface area (Å²) in [5.41, 5.74) is 4.69. The Morgan fingerprint density at radius 1 is 1.20 bits per heavy atom. The molecule has 2 rings (SSSR count). The van der Waals surface area contributed by atoms with Crippen LogP contribution >= 0.6 is 11.8 Å². The van der Waals surface area contributed by atoms with Gasteiger partial charge in [0.2, 0.25) is 0 Å². The molecule has 2 aromatic rings. The minimum atomic E-state index is 0.672. The quantitative estimate of drug-likeness (QED) is 0.431. The van der Waals surface area contributed by atoms with Gasteiger partial charge in [0.25, 0.3) is 0 Å². The smallest absolute Gasteiger partial charge is 0.148 e. The lowest BCUT2D eigenvalue weighted by Crippen LogP contribution is -2.13. The Hall–Kier alpha value is -1.79. The number of hydrazine groups is 1. The van der Waals surface area contributed by atoms with E-state index in [0.29, 0.717) is 5.82 Å². The average molecular weight is 289 g/mol. The van der Waals surface area contributed by atoms with Crippen molar-refractivity contribution in [3.63, 3.8) is 0 Å². The highest BCUT2D eigenvalue weighted by Gasteiger charge is 2.11. The Labute approximate surface area is 123 Å². The van der Waals surface area contributed by atoms with Gasteiger partial charge in [0.05, 0.1) is 5.69 Å². The van der Waals surface area contributed by atoms with Crippen LogP contribution in [0.4, 0.5) is 17.3 Å². The summed E-state index contributed by atoms with van der Waals surface area (Å²) in [5.74, 6) is 7.00. The second kappa shape index (κ2) is 7.12. The van der Waals surface area contributed by atoms with E-state index in [1.54, 1.807) is 11.8 Å². The average Bonchev–Trinajstić information content (AvgIpc) is 2.49. The lowest BCUT2D eigenvalue weighted by atomic mass is 10.1. The summed E-state index contributed by atoms with van der Waals surface area (Å²) in [4.78, 5) is 9.69. The number of benzene rings is 1. The summed E-state index contributed by atoms with van der Waals surface area (Å²) in [6.07, 6.45) is 5.43. The van der Waals surface area contributed by atoms with E-state index in [-0.39, 0.29) is 0 Å². The van der Waals surface area contributed by atoms with E-state index < -0.39 is 0 Å². The fourth-order valence-corrected chi connectivity index (χ4v) is 2.56. The SMILES string of the molecule is CCCc1c(NN)ncnc1Nc1ccccc1SC. The normalized spacial score (nSPS) is 10.3. The fraction of sp³-hybridized carbons (Fsp3) is 0.286. The number of anilines is 3. The summed E-state index contributed by atoms with van der Waals surface area (Å²) in [6.45, 7) is 2.12. The largest absolute Gasteiger partial charge is 0.339 e. The molecule has 1 heterocycles. The first kappa shape index (κ1) is 14.6. The molecule has 5 nitrogen and oxygen atoms in total. The Kier molecular flexibility index (Phi) is 5.20. The molecule has 0 aliphatic rings. The predicted molar refractivity (Wildman–Crippen MR) is 85.3 cm³/mol. The van der Waals surface area contributed by atoms with Gasteiger partial charge in [0, 0.05) is 10.5 Å². The van der Waals surface area contributed by atoms with Crippen molar-refractivity contribution in [1.82, 2.24) is 9.97 Å². The maximum atomic E-state index is 5.53. The molecule has 106 valence electrons. The third-order valence-electron chi connectivity index (χ3n) is 2.94. The van der Waals surface area contributed by atoms with Crippen molar-refractivity contribution >= 4 is 29.1 Å². The number of nitrogens with zero attached hydrogens (tertiary/aromatic N) is 2. The van der Waals surface area contributed by atoms with Crippen LogP contribution in [0, 0.1) is 0 Å². The van der Waals surface area contributed by atoms with Gasteiger partial charge in [-0.2, -0.15) is 0 Å². The highest BCUT2D eigenvalue weighted by Crippen LogP contribution is 2.30. The summed E-state index contributed by atoms with van der Waals surface area (Å²) < 4.78 is 0. The van der Waals surface area contributed by atoms with Crippen molar-refractivity contribution in [1.29, 1.82) is 0 Å². The van der Waals surface area contributed by atoms with Gasteiger partial charge in [0.15, 0.2) is 0 Å². The predicted octanol–water partition coefficient (Wildman–Crippen LogP) is 3.18. The minimum Gasteiger partial charge on any atom is -0.339 e. The molecule has 0 radical (unpaired) electrons. The van der Waals surface area contributed by atoms with Crippen LogP contribution in [-0.2, 0) is 6.42 Å². The van der Waals surface area contributed by atoms with Gasteiger partial charge in [-0.25, -0.2) is 15.8 Å². The van der Waals surface area contributed by atoms with E-state index in [1.165, 1.54) is 11.2 Å². The van der Waals surface area contributed by atoms with E-state index in [2.05, 4.69) is 40.0 Å². The Morgan fingerprint density at radius 2 is 1.95 bits per heavy atom. The van der Waals surface area contributed by atoms with Gasteiger partial charge in [-0.15, -0.1) is 11.8 Å². The van der Waals surface area contributed by atoms with Gasteiger partial charge in [-0.1, -0.05) is 25.5 Å². The number of nitrogen functional groups attached to an aromatic ring is 1. The molecular weight excluding hydrogens is 270 g/mol. The van der Waals surface area contributed by atoms with Crippen LogP contribution in [0.15, 0.2) is 35.5 Å². The van der Waals surface area contributed by atoms with Crippen LogP contribution in [0.1, 0.15) is 18.9 Å². The summed E-state index contributed by atoms with van der Waals surface area (Å²) in [5, 5.41) is 3.38. The molecule has 4 N–H and O–H groups in total. The molecule has 0 aliphatic heterocycles. The zero-order valence-electron chi connectivity index (χ0n) is 11.7. The van der Waals surface area contributed by atoms with Crippen molar-refractivity contribution in [2.75, 3.05) is 17.0 Å². The molecule has 0 spiro atoms. The maximum absolute atomic E-state index is 5.53. The zero-order valence-corrected chi connectivity index (χ0v) is 12.5. The Balaban J connectivity index is 2.37. The van der Waals surface area contributed by atoms with Crippen LogP contribution in [-0.4, -0.2) is 16.2 Å². The van der Waals surface area contributed by atoms with E-state index in [4.69, 9.17) is 5.84 Å². The zero-order chi connectivity index (χ0) is 14.4. The molecule has 0 unspecified atom stereocenters. The fourth-order valence-electron chi connectivity index (χ4n) is 2.01. The number of rotatable bonds is 6. The van der Waals surface area contributed by atoms with E-state index in [9.17, 15) is 0 Å². The number of nitrogens with two attached hydrogens (primary N) is 1. The Bertz CT molecular complexity index is 573. The van der Waals surface area contributed by atoms with Crippen molar-refractivity contribution in [2.24, 2.45) is 5.84 Å². The summed E-state index contributed by atoms with van der Waals surface area (Å²) >= 11 is 1.70. The van der Waals surface area contributed by atoms with Crippen molar-refractivity contribution in [3.05, 3.63) is 36.2 Å². The van der Waals surface area contributed by atoms with Crippen LogP contribution in [0.2, 0.25) is 0 Å². The number of thioether (sulfide) groups is 1. The van der Waals surface area contributed by atoms with Gasteiger partial charge in [-0.05, 0) is 24.8 Å². The monoisotopic (exact) mass is 289 g/mol. The lowest BCUT2D eigenvalue weighted by molar-refractivity contribution is 0.903. The molecule has 0 fully saturated rings. The number of nitrogens with one attached hydrogen (secondary N) is 2. The number of para-hydroxylation sites is 1. The number of hydrogen-bond acceptors (Lipinski definition) is 6. The first-order chi connectivity index (χ1) is 9.80. The molecule has 0 aliphatic carbocycles. The van der Waals surface area contributed by atoms with E-state index in [1.807, 2.05) is 18.2 Å². The number of aromatic nitrogens is 2. The van der Waals surface area contributed by atoms with Crippen LogP contribution in [0.3, 0.4) is 0 Å². The van der Waals surface area contributed by atoms with E-state index in [0.717, 1.165) is 29.9 Å². The molecular formula is C14H19N5S. The van der Waals surface area contributed by atoms with Crippen LogP contribution < -0.4 is 16.6 Å². The number of hydrogen-bond donors (Lipinski definition) is 3. The third-order valence-corrected chi connectivity index (χ3v) is 3.74. The van der Waals surface area contributed by atoms with Crippen LogP contribution in [0.5, 0.6) is 0 Å². The van der Waals surface area contributed by atoms with Crippen molar-refractivity contribution in [3.8, 4) is 0 Å². The topological polar surface area (TPSA) is 75.9 Å². The highest BCUT2D eigenvalue weighted by atomic mass is 32.2. The highest BCUT2D eigenvalue weighted by molar-refractivity contribution is 7.98. The van der Waals surface area contributed by atoms with Gasteiger partial charge in [-0.3, -0.25) is 0 Å². The molecule has 20 heavy (non-hydrogen) atoms. The van der Waals surface area contributed by atoms with Crippen molar-refractivity contribution in [2.45, 2.75) is 24.7 Å². The second-order valence-electron chi connectivity index (χ2n) is 4.27. The second-order valence-corrected chi connectivity index (χ2v) is 5.12. The van der Waals surface area contributed by atoms with Gasteiger partial charge < -0.3 is 10.7 Å². The molecule has 1 aromatic carbocycles. The maximum Gasteiger partial charge on any atom is 0.148 e. The van der Waals surface area contributed by atoms with Gasteiger partial charge in [0.1, 0.15) is 18.0 Å². The Morgan fingerprint density at radius 3 is 2.65 bits per heavy atom. The lowest BCUT2D eigenvalue weighted by Gasteiger charge is -2.15. The molecule has 6 heteroatoms. The van der Waals surface area contributed by atoms with Gasteiger partial charge >= 0.3 is 0 Å². The molecule has 0 saturated heterocycles. The minimum absolute atomic E-state index is 0.672. The first-order valence-electron chi connectivity index (χ1n) is 6.50. The first-order valence-corrected chi connectivity index (χ1v) is 7.73. The standard InChI is InChI=1S/C14H19N5S/c1-3-6-10-13(16-9-17-14(10)19-15)18-11-7-4-5-8-12(11)20-2/h4-5,7-9H,3,6,15H2,1-2H3,(H2,16,17,18,19). The molecule has 0 bridgehead atoms. The molecule has 0 atom stereocenters.